The predicted molar refractivity (Wildman–Crippen MR) is 110 cm³/mol. The van der Waals surface area contributed by atoms with Crippen molar-refractivity contribution in [1.29, 1.82) is 0 Å². The molecule has 1 aromatic rings. The van der Waals surface area contributed by atoms with Gasteiger partial charge >= 0.3 is 0 Å². The van der Waals surface area contributed by atoms with Crippen LogP contribution in [0, 0.1) is 20.8 Å². The molecule has 1 aromatic carbocycles. The first kappa shape index (κ1) is 17.6. The Kier molecular flexibility index (Phi) is 4.57. The first-order valence-corrected chi connectivity index (χ1v) is 10.4. The number of nitrogens with zero attached hydrogens (tertiary/aromatic N) is 1. The molecule has 0 amide bonds. The molecule has 0 fully saturated rings. The molecule has 0 saturated carbocycles. The topological polar surface area (TPSA) is 3.24 Å². The number of hydrogen-bond acceptors (Lipinski definition) is 2. The van der Waals surface area contributed by atoms with Gasteiger partial charge < -0.3 is 4.90 Å². The van der Waals surface area contributed by atoms with Gasteiger partial charge in [-0.2, -0.15) is 0 Å². The summed E-state index contributed by atoms with van der Waals surface area (Å²) in [5, 5.41) is 0.471. The molecule has 0 saturated heterocycles. The van der Waals surface area contributed by atoms with Crippen LogP contribution in [-0.4, -0.2) is 18.3 Å². The SMILES string of the molecule is CC1=C(C)C2C(Sc3c(C)c(Br)c(C)c(C)c3N2C)C(C)=C1Br. The minimum absolute atomic E-state index is 0.437. The van der Waals surface area contributed by atoms with Crippen LogP contribution in [-0.2, 0) is 0 Å². The first-order valence-electron chi connectivity index (χ1n) is 7.91. The van der Waals surface area contributed by atoms with Crippen LogP contribution in [0.2, 0.25) is 0 Å². The lowest BCUT2D eigenvalue weighted by atomic mass is 9.87. The van der Waals surface area contributed by atoms with Gasteiger partial charge in [0.15, 0.2) is 0 Å². The molecule has 1 aliphatic carbocycles. The van der Waals surface area contributed by atoms with Crippen LogP contribution in [0.3, 0.4) is 0 Å². The number of anilines is 1. The van der Waals surface area contributed by atoms with Crippen molar-refractivity contribution in [2.45, 2.75) is 57.7 Å². The second-order valence-electron chi connectivity index (χ2n) is 6.77. The Morgan fingerprint density at radius 3 is 2.09 bits per heavy atom. The Hall–Kier alpha value is -0.190. The Morgan fingerprint density at radius 2 is 1.48 bits per heavy atom. The summed E-state index contributed by atoms with van der Waals surface area (Å²) in [5.74, 6) is 0. The van der Waals surface area contributed by atoms with E-state index in [0.717, 1.165) is 0 Å². The lowest BCUT2D eigenvalue weighted by Crippen LogP contribution is -2.46. The van der Waals surface area contributed by atoms with E-state index in [1.807, 2.05) is 11.8 Å². The Morgan fingerprint density at radius 1 is 0.870 bits per heavy atom. The van der Waals surface area contributed by atoms with E-state index in [1.54, 1.807) is 0 Å². The molecule has 1 heterocycles. The molecule has 1 aliphatic heterocycles. The van der Waals surface area contributed by atoms with Crippen LogP contribution >= 0.6 is 43.6 Å². The van der Waals surface area contributed by atoms with Crippen molar-refractivity contribution in [2.75, 3.05) is 11.9 Å². The maximum Gasteiger partial charge on any atom is 0.0663 e. The van der Waals surface area contributed by atoms with Gasteiger partial charge in [0.1, 0.15) is 0 Å². The van der Waals surface area contributed by atoms with E-state index in [4.69, 9.17) is 0 Å². The third-order valence-corrected chi connectivity index (χ3v) is 9.58. The van der Waals surface area contributed by atoms with E-state index < -0.39 is 0 Å². The van der Waals surface area contributed by atoms with E-state index in [9.17, 15) is 0 Å². The fourth-order valence-electron chi connectivity index (χ4n) is 3.83. The summed E-state index contributed by atoms with van der Waals surface area (Å²) >= 11 is 9.66. The first-order chi connectivity index (χ1) is 10.7. The molecule has 0 radical (unpaired) electrons. The minimum atomic E-state index is 0.437. The van der Waals surface area contributed by atoms with Gasteiger partial charge in [-0.15, -0.1) is 11.8 Å². The van der Waals surface area contributed by atoms with Crippen LogP contribution in [0.25, 0.3) is 0 Å². The lowest BCUT2D eigenvalue weighted by Gasteiger charge is -2.46. The summed E-state index contributed by atoms with van der Waals surface area (Å²) in [4.78, 5) is 3.94. The summed E-state index contributed by atoms with van der Waals surface area (Å²) in [5.41, 5.74) is 9.85. The largest absolute Gasteiger partial charge is 0.365 e. The standard InChI is InChI=1S/C19H23Br2NS/c1-8-10(3)16-18(12(5)14(8)20)23-19-13(6)15(21)9(2)11(4)17(19)22(16)7/h16,18H,1-7H3. The average Bonchev–Trinajstić information content (AvgIpc) is 2.53. The minimum Gasteiger partial charge on any atom is -0.365 e. The molecular formula is C19H23Br2NS. The normalized spacial score (nSPS) is 24.1. The highest BCUT2D eigenvalue weighted by Crippen LogP contribution is 2.53. The summed E-state index contributed by atoms with van der Waals surface area (Å²) in [7, 11) is 2.26. The van der Waals surface area contributed by atoms with Gasteiger partial charge in [0.05, 0.1) is 17.0 Å². The molecule has 4 heteroatoms. The van der Waals surface area contributed by atoms with Crippen LogP contribution in [0.1, 0.15) is 37.5 Å². The maximum absolute atomic E-state index is 3.82. The molecular weight excluding hydrogens is 434 g/mol. The molecule has 2 unspecified atom stereocenters. The maximum atomic E-state index is 3.82. The van der Waals surface area contributed by atoms with Gasteiger partial charge in [0.2, 0.25) is 0 Å². The van der Waals surface area contributed by atoms with E-state index >= 15 is 0 Å². The van der Waals surface area contributed by atoms with Crippen molar-refractivity contribution in [2.24, 2.45) is 0 Å². The van der Waals surface area contributed by atoms with Gasteiger partial charge in [-0.3, -0.25) is 0 Å². The Balaban J connectivity index is 2.28. The number of likely N-dealkylation sites (N-methyl/N-ethyl adjacent to an activating group) is 1. The van der Waals surface area contributed by atoms with Crippen LogP contribution in [0.4, 0.5) is 5.69 Å². The van der Waals surface area contributed by atoms with E-state index in [2.05, 4.69) is 85.3 Å². The van der Waals surface area contributed by atoms with Crippen molar-refractivity contribution in [3.63, 3.8) is 0 Å². The zero-order valence-corrected chi connectivity index (χ0v) is 18.8. The predicted octanol–water partition coefficient (Wildman–Crippen LogP) is 6.67. The molecule has 3 rings (SSSR count). The fraction of sp³-hybridized carbons (Fsp3) is 0.474. The zero-order chi connectivity index (χ0) is 17.2. The Bertz CT molecular complexity index is 776. The number of hydrogen-bond donors (Lipinski definition) is 0. The Labute approximate surface area is 160 Å². The fourth-order valence-corrected chi connectivity index (χ4v) is 6.92. The third-order valence-electron chi connectivity index (χ3n) is 5.57. The van der Waals surface area contributed by atoms with Gasteiger partial charge in [-0.25, -0.2) is 0 Å². The molecule has 2 atom stereocenters. The number of rotatable bonds is 0. The van der Waals surface area contributed by atoms with Crippen LogP contribution < -0.4 is 4.90 Å². The number of fused-ring (bicyclic) bond motifs is 2. The molecule has 0 aromatic heterocycles. The zero-order valence-electron chi connectivity index (χ0n) is 14.8. The molecule has 0 spiro atoms. The molecule has 124 valence electrons. The number of halogens is 2. The van der Waals surface area contributed by atoms with Crippen molar-refractivity contribution in [3.05, 3.63) is 42.4 Å². The van der Waals surface area contributed by atoms with Crippen LogP contribution in [0.15, 0.2) is 30.6 Å². The molecule has 0 N–H and O–H groups in total. The molecule has 2 aliphatic rings. The highest BCUT2D eigenvalue weighted by atomic mass is 79.9. The van der Waals surface area contributed by atoms with Gasteiger partial charge in [-0.05, 0) is 75.0 Å². The van der Waals surface area contributed by atoms with Crippen molar-refractivity contribution >= 4 is 49.3 Å². The van der Waals surface area contributed by atoms with Crippen molar-refractivity contribution in [3.8, 4) is 0 Å². The monoisotopic (exact) mass is 455 g/mol. The second kappa shape index (κ2) is 5.96. The molecule has 0 bridgehead atoms. The number of thioether (sulfide) groups is 1. The second-order valence-corrected chi connectivity index (χ2v) is 9.50. The van der Waals surface area contributed by atoms with Gasteiger partial charge in [0, 0.05) is 20.9 Å². The quantitative estimate of drug-likeness (QED) is 0.428. The smallest absolute Gasteiger partial charge is 0.0663 e. The van der Waals surface area contributed by atoms with Crippen LogP contribution in [0.5, 0.6) is 0 Å². The number of allylic oxidation sites excluding steroid dienone is 2. The summed E-state index contributed by atoms with van der Waals surface area (Å²) in [6, 6.07) is 0.437. The summed E-state index contributed by atoms with van der Waals surface area (Å²) < 4.78 is 2.55. The highest BCUT2D eigenvalue weighted by molar-refractivity contribution is 9.12. The van der Waals surface area contributed by atoms with E-state index in [0.29, 0.717) is 11.3 Å². The highest BCUT2D eigenvalue weighted by Gasteiger charge is 2.41. The summed E-state index contributed by atoms with van der Waals surface area (Å²) in [6.45, 7) is 13.5. The van der Waals surface area contributed by atoms with Gasteiger partial charge in [0.25, 0.3) is 0 Å². The molecule has 23 heavy (non-hydrogen) atoms. The average molecular weight is 457 g/mol. The molecule has 1 nitrogen and oxygen atoms in total. The number of benzene rings is 1. The van der Waals surface area contributed by atoms with Gasteiger partial charge in [-0.1, -0.05) is 31.9 Å². The van der Waals surface area contributed by atoms with Crippen molar-refractivity contribution in [1.82, 2.24) is 0 Å². The van der Waals surface area contributed by atoms with Crippen molar-refractivity contribution < 1.29 is 0 Å². The lowest BCUT2D eigenvalue weighted by molar-refractivity contribution is 0.677. The third kappa shape index (κ3) is 2.39. The van der Waals surface area contributed by atoms with E-state index in [1.165, 1.54) is 52.9 Å². The van der Waals surface area contributed by atoms with E-state index in [-0.39, 0.29) is 0 Å². The summed E-state index contributed by atoms with van der Waals surface area (Å²) in [6.07, 6.45) is 0.